The fourth-order valence-electron chi connectivity index (χ4n) is 2.07. The number of benzene rings is 1. The normalized spacial score (nSPS) is 13.1. The molecule has 0 spiro atoms. The van der Waals surface area contributed by atoms with Gasteiger partial charge in [-0.3, -0.25) is 0 Å². The van der Waals surface area contributed by atoms with Crippen molar-refractivity contribution in [3.05, 3.63) is 35.4 Å². The van der Waals surface area contributed by atoms with E-state index >= 15 is 0 Å². The largest absolute Gasteiger partial charge is 0.320 e. The minimum atomic E-state index is -0.773. The van der Waals surface area contributed by atoms with Gasteiger partial charge in [-0.05, 0) is 56.0 Å². The number of hydrogen-bond donors (Lipinski definition) is 1. The van der Waals surface area contributed by atoms with Crippen molar-refractivity contribution in [2.24, 2.45) is 5.92 Å². The summed E-state index contributed by atoms with van der Waals surface area (Å²) in [5, 5.41) is 3.10. The quantitative estimate of drug-likeness (QED) is 0.800. The van der Waals surface area contributed by atoms with Gasteiger partial charge in [0.05, 0.1) is 0 Å². The van der Waals surface area contributed by atoms with Crippen molar-refractivity contribution < 1.29 is 8.78 Å². The highest BCUT2D eigenvalue weighted by Gasteiger charge is 2.15. The zero-order valence-electron chi connectivity index (χ0n) is 10.8. The predicted octanol–water partition coefficient (Wildman–Crippen LogP) is 3.70. The van der Waals surface area contributed by atoms with Crippen LogP contribution < -0.4 is 5.32 Å². The molecule has 1 atom stereocenters. The summed E-state index contributed by atoms with van der Waals surface area (Å²) in [5.74, 6) is -0.686. The van der Waals surface area contributed by atoms with Crippen LogP contribution in [-0.4, -0.2) is 13.6 Å². The molecule has 17 heavy (non-hydrogen) atoms. The molecule has 0 aliphatic rings. The maximum Gasteiger partial charge on any atom is 0.159 e. The van der Waals surface area contributed by atoms with E-state index < -0.39 is 11.6 Å². The van der Waals surface area contributed by atoms with Gasteiger partial charge in [-0.1, -0.05) is 19.9 Å². The minimum absolute atomic E-state index is 0.289. The molecule has 1 aromatic carbocycles. The van der Waals surface area contributed by atoms with Crippen molar-refractivity contribution in [2.75, 3.05) is 13.6 Å². The van der Waals surface area contributed by atoms with Crippen LogP contribution in [0.4, 0.5) is 8.78 Å². The molecule has 0 bridgehead atoms. The smallest absolute Gasteiger partial charge is 0.159 e. The molecule has 3 heteroatoms. The average molecular weight is 241 g/mol. The highest BCUT2D eigenvalue weighted by atomic mass is 19.2. The van der Waals surface area contributed by atoms with Gasteiger partial charge in [0.25, 0.3) is 0 Å². The molecule has 1 N–H and O–H groups in total. The molecule has 0 aliphatic carbocycles. The van der Waals surface area contributed by atoms with E-state index in [9.17, 15) is 8.78 Å². The Kier molecular flexibility index (Phi) is 5.56. The fraction of sp³-hybridized carbons (Fsp3) is 0.571. The summed E-state index contributed by atoms with van der Waals surface area (Å²) < 4.78 is 26.1. The van der Waals surface area contributed by atoms with Crippen molar-refractivity contribution in [1.82, 2.24) is 5.32 Å². The molecule has 0 radical (unpaired) electrons. The van der Waals surface area contributed by atoms with Gasteiger partial charge in [0.1, 0.15) is 0 Å². The maximum atomic E-state index is 13.2. The Morgan fingerprint density at radius 1 is 1.18 bits per heavy atom. The molecule has 0 amide bonds. The number of hydrogen-bond acceptors (Lipinski definition) is 1. The van der Waals surface area contributed by atoms with Crippen LogP contribution in [0.25, 0.3) is 0 Å². The third-order valence-corrected chi connectivity index (χ3v) is 2.91. The molecule has 0 heterocycles. The molecule has 1 nitrogen and oxygen atoms in total. The topological polar surface area (TPSA) is 12.0 Å². The standard InChI is InChI=1S/C14H21F2N/c1-10(2)8-12(6-7-17-3)11-4-5-13(15)14(16)9-11/h4-5,9-10,12,17H,6-8H2,1-3H3. The summed E-state index contributed by atoms with van der Waals surface area (Å²) >= 11 is 0. The summed E-state index contributed by atoms with van der Waals surface area (Å²) in [5.41, 5.74) is 0.896. The highest BCUT2D eigenvalue weighted by Crippen LogP contribution is 2.27. The molecule has 0 saturated heterocycles. The first-order valence-electron chi connectivity index (χ1n) is 6.14. The van der Waals surface area contributed by atoms with E-state index in [2.05, 4.69) is 19.2 Å². The zero-order valence-corrected chi connectivity index (χ0v) is 10.8. The van der Waals surface area contributed by atoms with Crippen LogP contribution in [0, 0.1) is 17.6 Å². The first kappa shape index (κ1) is 14.1. The molecule has 0 fully saturated rings. The van der Waals surface area contributed by atoms with Crippen LogP contribution in [0.1, 0.15) is 38.2 Å². The van der Waals surface area contributed by atoms with Gasteiger partial charge in [-0.25, -0.2) is 8.78 Å². The van der Waals surface area contributed by atoms with E-state index in [4.69, 9.17) is 0 Å². The predicted molar refractivity (Wildman–Crippen MR) is 67.1 cm³/mol. The fourth-order valence-corrected chi connectivity index (χ4v) is 2.07. The van der Waals surface area contributed by atoms with Crippen molar-refractivity contribution in [2.45, 2.75) is 32.6 Å². The van der Waals surface area contributed by atoms with Gasteiger partial charge in [0, 0.05) is 0 Å². The first-order valence-corrected chi connectivity index (χ1v) is 6.14. The molecular formula is C14H21F2N. The molecule has 1 unspecified atom stereocenters. The van der Waals surface area contributed by atoms with Gasteiger partial charge >= 0.3 is 0 Å². The van der Waals surface area contributed by atoms with Gasteiger partial charge in [-0.15, -0.1) is 0 Å². The van der Waals surface area contributed by atoms with E-state index in [0.29, 0.717) is 5.92 Å². The Morgan fingerprint density at radius 3 is 2.41 bits per heavy atom. The van der Waals surface area contributed by atoms with Gasteiger partial charge in [0.2, 0.25) is 0 Å². The number of halogens is 2. The van der Waals surface area contributed by atoms with Gasteiger partial charge in [0.15, 0.2) is 11.6 Å². The van der Waals surface area contributed by atoms with Crippen LogP contribution in [0.3, 0.4) is 0 Å². The monoisotopic (exact) mass is 241 g/mol. The lowest BCUT2D eigenvalue weighted by atomic mass is 9.87. The summed E-state index contributed by atoms with van der Waals surface area (Å²) in [7, 11) is 1.90. The van der Waals surface area contributed by atoms with E-state index in [1.54, 1.807) is 6.07 Å². The molecule has 0 aliphatic heterocycles. The maximum absolute atomic E-state index is 13.2. The molecule has 0 aromatic heterocycles. The van der Waals surface area contributed by atoms with E-state index in [-0.39, 0.29) is 5.92 Å². The van der Waals surface area contributed by atoms with Crippen molar-refractivity contribution in [3.8, 4) is 0 Å². The third-order valence-electron chi connectivity index (χ3n) is 2.91. The Bertz CT molecular complexity index is 350. The van der Waals surface area contributed by atoms with Crippen LogP contribution in [0.15, 0.2) is 18.2 Å². The second-order valence-corrected chi connectivity index (χ2v) is 4.89. The van der Waals surface area contributed by atoms with Crippen molar-refractivity contribution >= 4 is 0 Å². The van der Waals surface area contributed by atoms with Gasteiger partial charge < -0.3 is 5.32 Å². The lowest BCUT2D eigenvalue weighted by Gasteiger charge is -2.19. The molecule has 1 rings (SSSR count). The Balaban J connectivity index is 2.83. The van der Waals surface area contributed by atoms with E-state index in [1.165, 1.54) is 12.1 Å². The SMILES string of the molecule is CNCCC(CC(C)C)c1ccc(F)c(F)c1. The van der Waals surface area contributed by atoms with E-state index in [1.807, 2.05) is 7.05 Å². The van der Waals surface area contributed by atoms with Crippen LogP contribution in [0.5, 0.6) is 0 Å². The summed E-state index contributed by atoms with van der Waals surface area (Å²) in [4.78, 5) is 0. The van der Waals surface area contributed by atoms with Crippen molar-refractivity contribution in [3.63, 3.8) is 0 Å². The Morgan fingerprint density at radius 2 is 1.88 bits per heavy atom. The van der Waals surface area contributed by atoms with Crippen LogP contribution in [0.2, 0.25) is 0 Å². The summed E-state index contributed by atoms with van der Waals surface area (Å²) in [6, 6.07) is 4.25. The third kappa shape index (κ3) is 4.43. The zero-order chi connectivity index (χ0) is 12.8. The van der Waals surface area contributed by atoms with E-state index in [0.717, 1.165) is 24.9 Å². The molecule has 96 valence electrons. The molecule has 0 saturated carbocycles. The minimum Gasteiger partial charge on any atom is -0.320 e. The molecule has 1 aromatic rings. The second-order valence-electron chi connectivity index (χ2n) is 4.89. The number of rotatable bonds is 6. The lowest BCUT2D eigenvalue weighted by Crippen LogP contribution is -2.14. The average Bonchev–Trinajstić information content (AvgIpc) is 2.27. The van der Waals surface area contributed by atoms with Crippen molar-refractivity contribution in [1.29, 1.82) is 0 Å². The summed E-state index contributed by atoms with van der Waals surface area (Å²) in [6.07, 6.45) is 1.94. The van der Waals surface area contributed by atoms with Crippen LogP contribution in [-0.2, 0) is 0 Å². The Hall–Kier alpha value is -0.960. The van der Waals surface area contributed by atoms with Gasteiger partial charge in [-0.2, -0.15) is 0 Å². The highest BCUT2D eigenvalue weighted by molar-refractivity contribution is 5.22. The second kappa shape index (κ2) is 6.70. The first-order chi connectivity index (χ1) is 8.04. The van der Waals surface area contributed by atoms with Crippen LogP contribution >= 0.6 is 0 Å². The Labute approximate surface area is 102 Å². The molecular weight excluding hydrogens is 220 g/mol. The summed E-state index contributed by atoms with van der Waals surface area (Å²) in [6.45, 7) is 5.18. The number of nitrogens with one attached hydrogen (secondary N) is 1. The lowest BCUT2D eigenvalue weighted by molar-refractivity contribution is 0.462.